The second kappa shape index (κ2) is 27.8. The van der Waals surface area contributed by atoms with Gasteiger partial charge in [-0.25, -0.2) is 4.67 Å². The molecule has 0 aliphatic heterocycles. The molecule has 0 spiro atoms. The van der Waals surface area contributed by atoms with Crippen LogP contribution >= 0.6 is 8.53 Å². The summed E-state index contributed by atoms with van der Waals surface area (Å²) >= 11 is 0. The number of nitriles is 1. The number of nitrogens with one attached hydrogen (secondary N) is 1. The van der Waals surface area contributed by atoms with Crippen molar-refractivity contribution in [2.75, 3.05) is 19.8 Å². The van der Waals surface area contributed by atoms with Gasteiger partial charge in [0.15, 0.2) is 0 Å². The van der Waals surface area contributed by atoms with Crippen molar-refractivity contribution in [3.05, 3.63) is 0 Å². The lowest BCUT2D eigenvalue weighted by atomic mass is 10.0. The summed E-state index contributed by atoms with van der Waals surface area (Å²) in [5.74, 6) is 0.207. The van der Waals surface area contributed by atoms with Crippen LogP contribution in [0, 0.1) is 11.3 Å². The minimum absolute atomic E-state index is 0.207. The fraction of sp³-hybridized carbons (Fsp3) is 0.935. The van der Waals surface area contributed by atoms with E-state index in [2.05, 4.69) is 50.7 Å². The van der Waals surface area contributed by atoms with Gasteiger partial charge in [-0.1, -0.05) is 96.8 Å². The highest BCUT2D eigenvalue weighted by atomic mass is 31.2. The van der Waals surface area contributed by atoms with Crippen molar-refractivity contribution >= 4 is 14.4 Å². The van der Waals surface area contributed by atoms with Crippen molar-refractivity contribution < 1.29 is 13.8 Å². The molecule has 38 heavy (non-hydrogen) atoms. The predicted molar refractivity (Wildman–Crippen MR) is 163 cm³/mol. The molecule has 1 unspecified atom stereocenters. The second-order valence-corrected chi connectivity index (χ2v) is 12.6. The molecule has 224 valence electrons. The third kappa shape index (κ3) is 23.2. The maximum Gasteiger partial charge on any atom is 0.259 e. The molecular weight excluding hydrogens is 493 g/mol. The van der Waals surface area contributed by atoms with Crippen LogP contribution in [-0.4, -0.2) is 42.4 Å². The molecule has 0 aromatic carbocycles. The Balaban J connectivity index is 3.65. The average Bonchev–Trinajstić information content (AvgIpc) is 2.87. The fourth-order valence-electron chi connectivity index (χ4n) is 4.66. The first-order valence-electron chi connectivity index (χ1n) is 15.9. The van der Waals surface area contributed by atoms with Crippen molar-refractivity contribution in [1.29, 1.82) is 5.26 Å². The third-order valence-corrected chi connectivity index (χ3v) is 8.87. The molecule has 0 aliphatic carbocycles. The highest BCUT2D eigenvalue weighted by Gasteiger charge is 2.26. The SMILES string of the molecule is CCCCCCCCCCCCCCCC(=O)NCCCCCCOP(OCCC#N)N(C(C)C)C(C)C. The van der Waals surface area contributed by atoms with Crippen molar-refractivity contribution in [3.8, 4) is 6.07 Å². The Hall–Kier alpha value is -0.730. The predicted octanol–water partition coefficient (Wildman–Crippen LogP) is 9.44. The van der Waals surface area contributed by atoms with Crippen LogP contribution in [0.25, 0.3) is 0 Å². The van der Waals surface area contributed by atoms with Gasteiger partial charge in [0.1, 0.15) is 0 Å². The molecule has 0 saturated carbocycles. The highest BCUT2D eigenvalue weighted by Crippen LogP contribution is 2.46. The van der Waals surface area contributed by atoms with E-state index in [1.807, 2.05) is 0 Å². The van der Waals surface area contributed by atoms with Crippen molar-refractivity contribution in [3.63, 3.8) is 0 Å². The minimum atomic E-state index is -1.14. The van der Waals surface area contributed by atoms with Gasteiger partial charge < -0.3 is 14.4 Å². The zero-order chi connectivity index (χ0) is 28.3. The molecule has 0 saturated heterocycles. The lowest BCUT2D eigenvalue weighted by molar-refractivity contribution is -0.121. The molecule has 0 rings (SSSR count). The monoisotopic (exact) mass is 555 g/mol. The summed E-state index contributed by atoms with van der Waals surface area (Å²) in [7, 11) is -1.14. The van der Waals surface area contributed by atoms with Crippen molar-refractivity contribution in [2.45, 2.75) is 169 Å². The molecule has 0 aromatic heterocycles. The van der Waals surface area contributed by atoms with E-state index >= 15 is 0 Å². The fourth-order valence-corrected chi connectivity index (χ4v) is 6.28. The topological polar surface area (TPSA) is 74.6 Å². The second-order valence-electron chi connectivity index (χ2n) is 11.1. The minimum Gasteiger partial charge on any atom is -0.356 e. The van der Waals surface area contributed by atoms with E-state index < -0.39 is 8.53 Å². The van der Waals surface area contributed by atoms with E-state index in [4.69, 9.17) is 14.3 Å². The number of nitrogens with zero attached hydrogens (tertiary/aromatic N) is 2. The van der Waals surface area contributed by atoms with Crippen LogP contribution in [0.15, 0.2) is 0 Å². The quantitative estimate of drug-likeness (QED) is 0.0768. The summed E-state index contributed by atoms with van der Waals surface area (Å²) in [6.07, 6.45) is 22.5. The number of unbranched alkanes of at least 4 members (excludes halogenated alkanes) is 15. The third-order valence-electron chi connectivity index (χ3n) is 6.76. The maximum atomic E-state index is 12.1. The van der Waals surface area contributed by atoms with E-state index in [9.17, 15) is 4.79 Å². The van der Waals surface area contributed by atoms with Crippen LogP contribution in [0.4, 0.5) is 0 Å². The number of amides is 1. The molecule has 1 atom stereocenters. The van der Waals surface area contributed by atoms with E-state index in [1.54, 1.807) is 0 Å². The Morgan fingerprint density at radius 2 is 1.21 bits per heavy atom. The van der Waals surface area contributed by atoms with Gasteiger partial charge in [0, 0.05) is 25.0 Å². The molecule has 7 heteroatoms. The maximum absolute atomic E-state index is 12.1. The van der Waals surface area contributed by atoms with Gasteiger partial charge in [0.25, 0.3) is 8.53 Å². The smallest absolute Gasteiger partial charge is 0.259 e. The Labute approximate surface area is 238 Å². The molecule has 0 heterocycles. The number of rotatable bonds is 28. The van der Waals surface area contributed by atoms with Gasteiger partial charge in [0.05, 0.1) is 25.7 Å². The molecule has 0 bridgehead atoms. The summed E-state index contributed by atoms with van der Waals surface area (Å²) < 4.78 is 14.3. The molecule has 6 nitrogen and oxygen atoms in total. The van der Waals surface area contributed by atoms with Crippen LogP contribution in [-0.2, 0) is 13.8 Å². The van der Waals surface area contributed by atoms with Gasteiger partial charge in [-0.15, -0.1) is 0 Å². The van der Waals surface area contributed by atoms with Gasteiger partial charge in [-0.3, -0.25) is 4.79 Å². The lowest BCUT2D eigenvalue weighted by Crippen LogP contribution is -2.33. The van der Waals surface area contributed by atoms with Crippen LogP contribution < -0.4 is 5.32 Å². The van der Waals surface area contributed by atoms with Crippen LogP contribution in [0.2, 0.25) is 0 Å². The largest absolute Gasteiger partial charge is 0.356 e. The molecule has 0 aromatic rings. The van der Waals surface area contributed by atoms with Crippen molar-refractivity contribution in [2.24, 2.45) is 0 Å². The van der Waals surface area contributed by atoms with E-state index in [0.717, 1.165) is 38.6 Å². The first-order chi connectivity index (χ1) is 18.4. The summed E-state index contributed by atoms with van der Waals surface area (Å²) in [5.41, 5.74) is 0. The molecule has 1 N–H and O–H groups in total. The van der Waals surface area contributed by atoms with Gasteiger partial charge in [-0.2, -0.15) is 5.26 Å². The van der Waals surface area contributed by atoms with Crippen LogP contribution in [0.1, 0.15) is 157 Å². The normalized spacial score (nSPS) is 12.4. The summed E-state index contributed by atoms with van der Waals surface area (Å²) in [4.78, 5) is 12.1. The zero-order valence-electron chi connectivity index (χ0n) is 25.8. The molecular formula is C31H62N3O3P. The summed E-state index contributed by atoms with van der Waals surface area (Å²) in [5, 5.41) is 11.9. The first kappa shape index (κ1) is 37.3. The van der Waals surface area contributed by atoms with Crippen LogP contribution in [0.3, 0.4) is 0 Å². The van der Waals surface area contributed by atoms with E-state index in [1.165, 1.54) is 77.0 Å². The number of hydrogen-bond donors (Lipinski definition) is 1. The Morgan fingerprint density at radius 1 is 0.737 bits per heavy atom. The summed E-state index contributed by atoms with van der Waals surface area (Å²) in [6, 6.07) is 2.79. The van der Waals surface area contributed by atoms with Gasteiger partial charge in [-0.05, 0) is 47.0 Å². The molecule has 0 aliphatic rings. The lowest BCUT2D eigenvalue weighted by Gasteiger charge is -2.35. The zero-order valence-corrected chi connectivity index (χ0v) is 26.7. The first-order valence-corrected chi connectivity index (χ1v) is 17.0. The molecule has 1 amide bonds. The van der Waals surface area contributed by atoms with Crippen molar-refractivity contribution in [1.82, 2.24) is 9.99 Å². The highest BCUT2D eigenvalue weighted by molar-refractivity contribution is 7.44. The van der Waals surface area contributed by atoms with E-state index in [0.29, 0.717) is 38.1 Å². The molecule has 0 fully saturated rings. The number of carbonyl (C=O) groups is 1. The van der Waals surface area contributed by atoms with Gasteiger partial charge >= 0.3 is 0 Å². The Kier molecular flexibility index (Phi) is 27.3. The average molecular weight is 556 g/mol. The van der Waals surface area contributed by atoms with Crippen LogP contribution in [0.5, 0.6) is 0 Å². The summed E-state index contributed by atoms with van der Waals surface area (Å²) in [6.45, 7) is 12.7. The number of hydrogen-bond acceptors (Lipinski definition) is 5. The Bertz CT molecular complexity index is 561. The molecule has 0 radical (unpaired) electrons. The standard InChI is InChI=1S/C31H62N3O3P/c1-6-7-8-9-10-11-12-13-14-15-16-17-20-24-31(35)33-26-21-18-19-22-27-36-38(37-28-23-25-32)34(29(2)3)30(4)5/h29-30H,6-24,26-28H2,1-5H3,(H,33,35). The van der Waals surface area contributed by atoms with E-state index in [-0.39, 0.29) is 5.91 Å². The van der Waals surface area contributed by atoms with Gasteiger partial charge in [0.2, 0.25) is 5.91 Å². The Morgan fingerprint density at radius 3 is 1.74 bits per heavy atom. The number of carbonyl (C=O) groups excluding carboxylic acids is 1.